The summed E-state index contributed by atoms with van der Waals surface area (Å²) in [7, 11) is -4.07. The first-order valence-electron chi connectivity index (χ1n) is 3.39. The number of hydrogen-bond donors (Lipinski definition) is 4. The minimum Gasteiger partial charge on any atom is -0.390 e. The maximum atomic E-state index is 10.8. The lowest BCUT2D eigenvalue weighted by atomic mass is 10.2. The van der Waals surface area contributed by atoms with E-state index in [1.54, 1.807) is 6.92 Å². The molecule has 3 atom stereocenters. The van der Waals surface area contributed by atoms with E-state index in [-0.39, 0.29) is 0 Å². The Morgan fingerprint density at radius 1 is 1.42 bits per heavy atom. The van der Waals surface area contributed by atoms with Crippen LogP contribution in [-0.4, -0.2) is 41.8 Å². The SMILES string of the molecule is CCC(O)C(O)CS(=O)(O)=PO. The van der Waals surface area contributed by atoms with Crippen LogP contribution in [0.2, 0.25) is 0 Å². The van der Waals surface area contributed by atoms with Gasteiger partial charge in [-0.05, 0) is 6.42 Å². The number of rotatable bonds is 4. The Labute approximate surface area is 72.8 Å². The molecule has 3 unspecified atom stereocenters. The summed E-state index contributed by atoms with van der Waals surface area (Å²) < 4.78 is 19.6. The molecule has 12 heavy (non-hydrogen) atoms. The molecule has 0 rings (SSSR count). The maximum absolute atomic E-state index is 10.8. The zero-order valence-electron chi connectivity index (χ0n) is 6.62. The molecule has 0 fully saturated rings. The smallest absolute Gasteiger partial charge is 0.145 e. The van der Waals surface area contributed by atoms with Gasteiger partial charge in [-0.3, -0.25) is 0 Å². The summed E-state index contributed by atoms with van der Waals surface area (Å²) in [4.78, 5) is 8.35. The second kappa shape index (κ2) is 5.11. The average molecular weight is 216 g/mol. The van der Waals surface area contributed by atoms with Gasteiger partial charge in [-0.2, -0.15) is 0 Å². The van der Waals surface area contributed by atoms with E-state index in [1.165, 1.54) is 0 Å². The van der Waals surface area contributed by atoms with Crippen LogP contribution in [0.3, 0.4) is 0 Å². The molecule has 0 amide bonds. The molecule has 74 valence electrons. The molecule has 0 saturated carbocycles. The molecule has 4 N–H and O–H groups in total. The Morgan fingerprint density at radius 2 is 1.92 bits per heavy atom. The van der Waals surface area contributed by atoms with Crippen molar-refractivity contribution in [2.45, 2.75) is 25.6 Å². The predicted molar refractivity (Wildman–Crippen MR) is 47.1 cm³/mol. The molecule has 0 saturated heterocycles. The monoisotopic (exact) mass is 216 g/mol. The minimum atomic E-state index is -3.41. The molecule has 0 aromatic heterocycles. The third-order valence-corrected chi connectivity index (χ3v) is 3.62. The van der Waals surface area contributed by atoms with Crippen LogP contribution in [0.15, 0.2) is 0 Å². The van der Waals surface area contributed by atoms with Gasteiger partial charge in [0.05, 0.1) is 18.0 Å². The normalized spacial score (nSPS) is 21.8. The van der Waals surface area contributed by atoms with E-state index in [0.29, 0.717) is 6.42 Å². The molecule has 0 heterocycles. The molecule has 0 aliphatic rings. The first kappa shape index (κ1) is 12.3. The molecular formula is C5H13O5PS. The molecule has 0 aromatic rings. The van der Waals surface area contributed by atoms with Gasteiger partial charge < -0.3 is 19.7 Å². The fourth-order valence-corrected chi connectivity index (χ4v) is 2.03. The lowest BCUT2D eigenvalue weighted by molar-refractivity contribution is 0.0311. The van der Waals surface area contributed by atoms with E-state index in [1.807, 2.05) is 0 Å². The summed E-state index contributed by atoms with van der Waals surface area (Å²) in [6.07, 6.45) is -1.97. The lowest BCUT2D eigenvalue weighted by Crippen LogP contribution is -2.31. The van der Waals surface area contributed by atoms with Crippen molar-refractivity contribution >= 4 is 17.0 Å². The highest BCUT2D eigenvalue weighted by atomic mass is 32.5. The molecule has 0 spiro atoms. The zero-order valence-corrected chi connectivity index (χ0v) is 8.33. The quantitative estimate of drug-likeness (QED) is 0.481. The zero-order chi connectivity index (χ0) is 9.78. The van der Waals surface area contributed by atoms with Crippen LogP contribution in [0, 0.1) is 0 Å². The van der Waals surface area contributed by atoms with Gasteiger partial charge in [-0.15, -0.1) is 0 Å². The van der Waals surface area contributed by atoms with E-state index in [0.717, 1.165) is 0 Å². The van der Waals surface area contributed by atoms with Gasteiger partial charge in [0.2, 0.25) is 0 Å². The number of aliphatic hydroxyl groups is 2. The third-order valence-electron chi connectivity index (χ3n) is 1.38. The summed E-state index contributed by atoms with van der Waals surface area (Å²) in [5.74, 6) is -0.500. The van der Waals surface area contributed by atoms with Crippen molar-refractivity contribution in [3.05, 3.63) is 0 Å². The van der Waals surface area contributed by atoms with Crippen molar-refractivity contribution < 1.29 is 23.9 Å². The van der Waals surface area contributed by atoms with Crippen LogP contribution < -0.4 is 0 Å². The number of aliphatic hydroxyl groups excluding tert-OH is 2. The molecule has 0 aliphatic heterocycles. The molecule has 0 bridgehead atoms. The summed E-state index contributed by atoms with van der Waals surface area (Å²) in [6.45, 7) is 1.64. The lowest BCUT2D eigenvalue weighted by Gasteiger charge is -2.15. The van der Waals surface area contributed by atoms with Crippen LogP contribution >= 0.6 is 7.58 Å². The van der Waals surface area contributed by atoms with Gasteiger partial charge in [0.25, 0.3) is 0 Å². The van der Waals surface area contributed by atoms with E-state index < -0.39 is 34.9 Å². The third kappa shape index (κ3) is 4.35. The number of hydrogen-bond acceptors (Lipinski definition) is 3. The first-order chi connectivity index (χ1) is 5.43. The molecular weight excluding hydrogens is 203 g/mol. The standard InChI is InChI=1S/C5H13O5PS/c1-2-4(6)5(7)3-12(9,10)11-8/h4-8H,2-3H2,1H3,(H,9,10). The second-order valence-corrected chi connectivity index (χ2v) is 6.31. The van der Waals surface area contributed by atoms with E-state index in [2.05, 4.69) is 0 Å². The van der Waals surface area contributed by atoms with Crippen molar-refractivity contribution in [1.29, 1.82) is 0 Å². The van der Waals surface area contributed by atoms with Gasteiger partial charge in [0.15, 0.2) is 0 Å². The van der Waals surface area contributed by atoms with Gasteiger partial charge in [0, 0.05) is 0 Å². The topological polar surface area (TPSA) is 98.0 Å². The molecule has 0 aliphatic carbocycles. The second-order valence-electron chi connectivity index (χ2n) is 2.40. The Balaban J connectivity index is 4.19. The van der Waals surface area contributed by atoms with Crippen molar-refractivity contribution in [2.24, 2.45) is 0 Å². The van der Waals surface area contributed by atoms with Crippen LogP contribution in [0.5, 0.6) is 0 Å². The minimum absolute atomic E-state index is 0.305. The molecule has 0 radical (unpaired) electrons. The summed E-state index contributed by atoms with van der Waals surface area (Å²) in [5.41, 5.74) is 0. The first-order valence-corrected chi connectivity index (χ1v) is 6.53. The Hall–Kier alpha value is 0.290. The van der Waals surface area contributed by atoms with Crippen molar-refractivity contribution in [1.82, 2.24) is 0 Å². The largest absolute Gasteiger partial charge is 0.390 e. The molecule has 0 aromatic carbocycles. The fourth-order valence-electron chi connectivity index (χ4n) is 0.639. The summed E-state index contributed by atoms with van der Waals surface area (Å²) >= 11 is 0. The highest BCUT2D eigenvalue weighted by molar-refractivity contribution is 8.20. The van der Waals surface area contributed by atoms with Crippen molar-refractivity contribution in [3.63, 3.8) is 0 Å². The van der Waals surface area contributed by atoms with E-state index in [9.17, 15) is 4.21 Å². The predicted octanol–water partition coefficient (Wildman–Crippen LogP) is -0.356. The Bertz CT molecular complexity index is 234. The van der Waals surface area contributed by atoms with Crippen molar-refractivity contribution in [2.75, 3.05) is 5.75 Å². The van der Waals surface area contributed by atoms with Crippen LogP contribution in [0.25, 0.3) is 0 Å². The van der Waals surface area contributed by atoms with Gasteiger partial charge in [-0.25, -0.2) is 4.21 Å². The van der Waals surface area contributed by atoms with E-state index in [4.69, 9.17) is 19.7 Å². The van der Waals surface area contributed by atoms with Crippen molar-refractivity contribution in [3.8, 4) is 0 Å². The van der Waals surface area contributed by atoms with Gasteiger partial charge in [-0.1, -0.05) is 6.92 Å². The highest BCUT2D eigenvalue weighted by Crippen LogP contribution is 2.08. The summed E-state index contributed by atoms with van der Waals surface area (Å²) in [6, 6.07) is 0. The van der Waals surface area contributed by atoms with Gasteiger partial charge >= 0.3 is 0 Å². The van der Waals surface area contributed by atoms with Gasteiger partial charge in [0.1, 0.15) is 17.0 Å². The maximum Gasteiger partial charge on any atom is 0.145 e. The van der Waals surface area contributed by atoms with Crippen LogP contribution in [0.4, 0.5) is 0 Å². The van der Waals surface area contributed by atoms with E-state index >= 15 is 0 Å². The Kier molecular flexibility index (Phi) is 5.24. The molecule has 5 nitrogen and oxygen atoms in total. The summed E-state index contributed by atoms with van der Waals surface area (Å²) in [5, 5.41) is 18.1. The highest BCUT2D eigenvalue weighted by Gasteiger charge is 2.18. The van der Waals surface area contributed by atoms with Crippen LogP contribution in [-0.2, 0) is 9.39 Å². The Morgan fingerprint density at radius 3 is 2.25 bits per heavy atom. The fraction of sp³-hybridized carbons (Fsp3) is 1.00. The van der Waals surface area contributed by atoms with Crippen LogP contribution in [0.1, 0.15) is 13.3 Å². The molecule has 7 heteroatoms. The average Bonchev–Trinajstić information content (AvgIpc) is 2.02.